The molecule has 3 aliphatic rings. The van der Waals surface area contributed by atoms with Crippen molar-refractivity contribution in [1.82, 2.24) is 4.90 Å². The van der Waals surface area contributed by atoms with Gasteiger partial charge in [0.25, 0.3) is 0 Å². The number of methoxy groups -OCH3 is 3. The monoisotopic (exact) mass is 387 g/mol. The Bertz CT molecular complexity index is 670. The van der Waals surface area contributed by atoms with Crippen LogP contribution in [0.3, 0.4) is 0 Å². The Balaban J connectivity index is 1.61. The number of benzene rings is 1. The summed E-state index contributed by atoms with van der Waals surface area (Å²) >= 11 is 0. The summed E-state index contributed by atoms with van der Waals surface area (Å²) in [5.74, 6) is 2.63. The molecule has 3 atom stereocenters. The summed E-state index contributed by atoms with van der Waals surface area (Å²) in [5.41, 5.74) is 3.34. The number of ether oxygens (including phenoxy) is 3. The van der Waals surface area contributed by atoms with Crippen molar-refractivity contribution in [1.29, 1.82) is 0 Å². The van der Waals surface area contributed by atoms with Gasteiger partial charge in [-0.2, -0.15) is 0 Å². The fourth-order valence-corrected chi connectivity index (χ4v) is 5.92. The molecule has 4 rings (SSSR count). The van der Waals surface area contributed by atoms with Crippen LogP contribution in [0.2, 0.25) is 0 Å². The van der Waals surface area contributed by atoms with Crippen molar-refractivity contribution in [2.75, 3.05) is 34.4 Å². The van der Waals surface area contributed by atoms with E-state index in [2.05, 4.69) is 30.0 Å². The summed E-state index contributed by atoms with van der Waals surface area (Å²) in [7, 11) is 5.26. The van der Waals surface area contributed by atoms with Crippen LogP contribution >= 0.6 is 0 Å². The molecule has 1 aliphatic heterocycles. The van der Waals surface area contributed by atoms with E-state index in [1.54, 1.807) is 32.5 Å². The van der Waals surface area contributed by atoms with E-state index in [0.29, 0.717) is 12.0 Å². The van der Waals surface area contributed by atoms with Crippen molar-refractivity contribution in [3.8, 4) is 5.75 Å². The van der Waals surface area contributed by atoms with E-state index in [9.17, 15) is 0 Å². The first kappa shape index (κ1) is 20.2. The van der Waals surface area contributed by atoms with Gasteiger partial charge in [0.1, 0.15) is 5.75 Å². The highest BCUT2D eigenvalue weighted by molar-refractivity contribution is 5.45. The maximum Gasteiger partial charge on any atom is 0.156 e. The zero-order valence-corrected chi connectivity index (χ0v) is 18.1. The summed E-state index contributed by atoms with van der Waals surface area (Å²) in [6.07, 6.45) is 8.50. The lowest BCUT2D eigenvalue weighted by Crippen LogP contribution is -2.59. The Morgan fingerprint density at radius 1 is 1.18 bits per heavy atom. The standard InChI is InChI=1S/C24H37NO3/c1-17-22-14-19-9-10-20(26-2)15-21(19)24(17,11-5-6-23(27-3)28-4)12-13-25(22)16-18-7-8-18/h9-10,15,17-18,22-23H,5-8,11-14,16H2,1-4H3/t17-,22+,24?/m0/s1. The van der Waals surface area contributed by atoms with Gasteiger partial charge < -0.3 is 14.2 Å². The molecule has 2 bridgehead atoms. The van der Waals surface area contributed by atoms with E-state index in [1.807, 2.05) is 0 Å². The van der Waals surface area contributed by atoms with E-state index in [4.69, 9.17) is 14.2 Å². The molecular formula is C24H37NO3. The van der Waals surface area contributed by atoms with Crippen LogP contribution in [-0.2, 0) is 21.3 Å². The van der Waals surface area contributed by atoms with Crippen LogP contribution < -0.4 is 4.74 Å². The molecule has 2 aliphatic carbocycles. The zero-order valence-electron chi connectivity index (χ0n) is 18.1. The van der Waals surface area contributed by atoms with E-state index < -0.39 is 0 Å². The van der Waals surface area contributed by atoms with Crippen LogP contribution in [0.1, 0.15) is 56.6 Å². The van der Waals surface area contributed by atoms with Crippen molar-refractivity contribution in [3.05, 3.63) is 29.3 Å². The topological polar surface area (TPSA) is 30.9 Å². The summed E-state index contributed by atoms with van der Waals surface area (Å²) in [5, 5.41) is 0. The average Bonchev–Trinajstić information content (AvgIpc) is 3.53. The van der Waals surface area contributed by atoms with Gasteiger partial charge >= 0.3 is 0 Å². The van der Waals surface area contributed by atoms with E-state index in [1.165, 1.54) is 45.2 Å². The first-order chi connectivity index (χ1) is 13.6. The largest absolute Gasteiger partial charge is 0.497 e. The molecular weight excluding hydrogens is 350 g/mol. The molecule has 1 aromatic carbocycles. The van der Waals surface area contributed by atoms with Crippen LogP contribution in [0.15, 0.2) is 18.2 Å². The molecule has 28 heavy (non-hydrogen) atoms. The van der Waals surface area contributed by atoms with Gasteiger partial charge in [-0.25, -0.2) is 0 Å². The molecule has 1 aromatic rings. The average molecular weight is 388 g/mol. The third-order valence-corrected chi connectivity index (χ3v) is 7.82. The zero-order chi connectivity index (χ0) is 19.7. The molecule has 0 aromatic heterocycles. The highest BCUT2D eigenvalue weighted by Gasteiger charge is 2.51. The predicted octanol–water partition coefficient (Wildman–Crippen LogP) is 4.40. The molecule has 0 amide bonds. The van der Waals surface area contributed by atoms with Crippen molar-refractivity contribution < 1.29 is 14.2 Å². The fraction of sp³-hybridized carbons (Fsp3) is 0.750. The number of piperidine rings is 1. The molecule has 156 valence electrons. The maximum absolute atomic E-state index is 5.61. The van der Waals surface area contributed by atoms with Crippen LogP contribution in [0.5, 0.6) is 5.75 Å². The van der Waals surface area contributed by atoms with Crippen molar-refractivity contribution in [3.63, 3.8) is 0 Å². The van der Waals surface area contributed by atoms with Crippen LogP contribution in [0, 0.1) is 11.8 Å². The fourth-order valence-electron chi connectivity index (χ4n) is 5.92. The second kappa shape index (κ2) is 8.33. The van der Waals surface area contributed by atoms with Gasteiger partial charge in [-0.3, -0.25) is 4.90 Å². The molecule has 2 fully saturated rings. The summed E-state index contributed by atoms with van der Waals surface area (Å²) < 4.78 is 16.5. The number of hydrogen-bond acceptors (Lipinski definition) is 4. The first-order valence-electron chi connectivity index (χ1n) is 11.1. The number of hydrogen-bond donors (Lipinski definition) is 0. The van der Waals surface area contributed by atoms with Gasteiger partial charge in [0, 0.05) is 32.2 Å². The van der Waals surface area contributed by atoms with E-state index >= 15 is 0 Å². The minimum atomic E-state index is -0.0918. The van der Waals surface area contributed by atoms with Gasteiger partial charge in [-0.15, -0.1) is 0 Å². The minimum Gasteiger partial charge on any atom is -0.497 e. The number of likely N-dealkylation sites (tertiary alicyclic amines) is 1. The van der Waals surface area contributed by atoms with Crippen molar-refractivity contribution in [2.24, 2.45) is 11.8 Å². The van der Waals surface area contributed by atoms with Crippen LogP contribution in [0.25, 0.3) is 0 Å². The molecule has 4 nitrogen and oxygen atoms in total. The van der Waals surface area contributed by atoms with Crippen molar-refractivity contribution in [2.45, 2.75) is 69.6 Å². The predicted molar refractivity (Wildman–Crippen MR) is 112 cm³/mol. The lowest BCUT2D eigenvalue weighted by atomic mass is 9.56. The Morgan fingerprint density at radius 2 is 1.96 bits per heavy atom. The first-order valence-corrected chi connectivity index (χ1v) is 11.1. The lowest BCUT2D eigenvalue weighted by molar-refractivity contribution is -0.108. The number of nitrogens with zero attached hydrogens (tertiary/aromatic N) is 1. The SMILES string of the molecule is COc1ccc2c(c1)C1(CCCC(OC)OC)CCN(CC3CC3)[C@H](C2)[C@@H]1C. The molecule has 0 N–H and O–H groups in total. The number of rotatable bonds is 9. The summed E-state index contributed by atoms with van der Waals surface area (Å²) in [6, 6.07) is 7.49. The van der Waals surface area contributed by atoms with Crippen LogP contribution in [0.4, 0.5) is 0 Å². The normalized spacial score (nSPS) is 29.8. The number of fused-ring (bicyclic) bond motifs is 4. The molecule has 4 heteroatoms. The van der Waals surface area contributed by atoms with E-state index in [-0.39, 0.29) is 11.7 Å². The molecule has 0 spiro atoms. The highest BCUT2D eigenvalue weighted by Crippen LogP contribution is 2.53. The second-order valence-electron chi connectivity index (χ2n) is 9.22. The van der Waals surface area contributed by atoms with Gasteiger partial charge in [-0.05, 0) is 86.6 Å². The van der Waals surface area contributed by atoms with Crippen molar-refractivity contribution >= 4 is 0 Å². The van der Waals surface area contributed by atoms with Gasteiger partial charge in [0.2, 0.25) is 0 Å². The molecule has 1 heterocycles. The third kappa shape index (κ3) is 3.71. The second-order valence-corrected chi connectivity index (χ2v) is 9.22. The minimum absolute atomic E-state index is 0.0918. The quantitative estimate of drug-likeness (QED) is 0.588. The molecule has 0 radical (unpaired) electrons. The van der Waals surface area contributed by atoms with Gasteiger partial charge in [0.15, 0.2) is 6.29 Å². The van der Waals surface area contributed by atoms with Gasteiger partial charge in [-0.1, -0.05) is 13.0 Å². The Hall–Kier alpha value is -1.10. The smallest absolute Gasteiger partial charge is 0.156 e. The lowest BCUT2D eigenvalue weighted by Gasteiger charge is -2.56. The Morgan fingerprint density at radius 3 is 2.64 bits per heavy atom. The Kier molecular flexibility index (Phi) is 6.01. The van der Waals surface area contributed by atoms with E-state index in [0.717, 1.165) is 24.5 Å². The summed E-state index contributed by atoms with van der Waals surface area (Å²) in [6.45, 7) is 5.06. The highest BCUT2D eigenvalue weighted by atomic mass is 16.7. The maximum atomic E-state index is 5.61. The Labute approximate surface area is 170 Å². The molecule has 1 saturated heterocycles. The molecule has 1 unspecified atom stereocenters. The molecule has 1 saturated carbocycles. The summed E-state index contributed by atoms with van der Waals surface area (Å²) in [4.78, 5) is 2.82. The van der Waals surface area contributed by atoms with Gasteiger partial charge in [0.05, 0.1) is 7.11 Å². The van der Waals surface area contributed by atoms with Crippen LogP contribution in [-0.4, -0.2) is 51.7 Å². The third-order valence-electron chi connectivity index (χ3n) is 7.82.